The van der Waals surface area contributed by atoms with Gasteiger partial charge >= 0.3 is 0 Å². The van der Waals surface area contributed by atoms with Crippen molar-refractivity contribution in [3.63, 3.8) is 0 Å². The van der Waals surface area contributed by atoms with Crippen LogP contribution in [0.4, 0.5) is 4.39 Å². The van der Waals surface area contributed by atoms with Crippen LogP contribution in [-0.2, 0) is 6.42 Å². The average Bonchev–Trinajstić information content (AvgIpc) is 3.33. The molecule has 4 aromatic rings. The first-order valence-corrected chi connectivity index (χ1v) is 8.05. The topological polar surface area (TPSA) is 115 Å². The highest BCUT2D eigenvalue weighted by molar-refractivity contribution is 5.92. The number of imidazole rings is 1. The van der Waals surface area contributed by atoms with E-state index in [1.54, 1.807) is 47.4 Å². The minimum atomic E-state index is -0.541. The minimum absolute atomic E-state index is 0.289. The van der Waals surface area contributed by atoms with Crippen molar-refractivity contribution < 1.29 is 9.18 Å². The Balaban J connectivity index is 1.62. The van der Waals surface area contributed by atoms with Crippen LogP contribution in [0.25, 0.3) is 17.2 Å². The van der Waals surface area contributed by atoms with Gasteiger partial charge in [0.1, 0.15) is 29.4 Å². The van der Waals surface area contributed by atoms with Crippen molar-refractivity contribution in [1.29, 1.82) is 0 Å². The molecular formula is C18H14FN7O. The number of nitrogens with two attached hydrogens (primary N) is 1. The molecular weight excluding hydrogens is 349 g/mol. The lowest BCUT2D eigenvalue weighted by Gasteiger charge is -2.02. The average molecular weight is 363 g/mol. The SMILES string of the molecule is NC(=O)c1ccc(-n2cnc(-c3n[nH]nc3Cc3ccccc3F)c2)nc1. The summed E-state index contributed by atoms with van der Waals surface area (Å²) in [7, 11) is 0. The van der Waals surface area contributed by atoms with Gasteiger partial charge in [0, 0.05) is 18.8 Å². The number of rotatable bonds is 5. The normalized spacial score (nSPS) is 10.9. The van der Waals surface area contributed by atoms with Crippen LogP contribution in [0.5, 0.6) is 0 Å². The number of hydrogen-bond donors (Lipinski definition) is 2. The first-order chi connectivity index (χ1) is 13.1. The third-order valence-corrected chi connectivity index (χ3v) is 4.06. The number of amides is 1. The van der Waals surface area contributed by atoms with Gasteiger partial charge in [0.15, 0.2) is 0 Å². The molecule has 3 N–H and O–H groups in total. The molecule has 0 aliphatic rings. The van der Waals surface area contributed by atoms with Gasteiger partial charge in [0.25, 0.3) is 0 Å². The van der Waals surface area contributed by atoms with Crippen molar-refractivity contribution in [2.24, 2.45) is 5.73 Å². The maximum absolute atomic E-state index is 13.9. The summed E-state index contributed by atoms with van der Waals surface area (Å²) in [6.07, 6.45) is 4.99. The summed E-state index contributed by atoms with van der Waals surface area (Å²) >= 11 is 0. The zero-order valence-corrected chi connectivity index (χ0v) is 14.0. The summed E-state index contributed by atoms with van der Waals surface area (Å²) in [4.78, 5) is 19.7. The van der Waals surface area contributed by atoms with Gasteiger partial charge in [-0.15, -0.1) is 0 Å². The number of carbonyl (C=O) groups excluding carboxylic acids is 1. The first-order valence-electron chi connectivity index (χ1n) is 8.05. The van der Waals surface area contributed by atoms with Crippen molar-refractivity contribution >= 4 is 5.91 Å². The fraction of sp³-hybridized carbons (Fsp3) is 0.0556. The quantitative estimate of drug-likeness (QED) is 0.562. The third kappa shape index (κ3) is 3.30. The van der Waals surface area contributed by atoms with Gasteiger partial charge in [-0.1, -0.05) is 18.2 Å². The highest BCUT2D eigenvalue weighted by Crippen LogP contribution is 2.22. The van der Waals surface area contributed by atoms with Crippen LogP contribution in [0.3, 0.4) is 0 Å². The van der Waals surface area contributed by atoms with E-state index in [2.05, 4.69) is 25.4 Å². The first kappa shape index (κ1) is 16.6. The van der Waals surface area contributed by atoms with Crippen LogP contribution >= 0.6 is 0 Å². The van der Waals surface area contributed by atoms with Crippen LogP contribution in [0.1, 0.15) is 21.6 Å². The van der Waals surface area contributed by atoms with Crippen molar-refractivity contribution in [2.75, 3.05) is 0 Å². The van der Waals surface area contributed by atoms with Crippen molar-refractivity contribution in [1.82, 2.24) is 29.9 Å². The number of nitrogens with zero attached hydrogens (tertiary/aromatic N) is 5. The smallest absolute Gasteiger partial charge is 0.250 e. The molecule has 4 rings (SSSR count). The highest BCUT2D eigenvalue weighted by atomic mass is 19.1. The van der Waals surface area contributed by atoms with E-state index in [-0.39, 0.29) is 12.2 Å². The Morgan fingerprint density at radius 1 is 1.15 bits per heavy atom. The lowest BCUT2D eigenvalue weighted by Crippen LogP contribution is -2.11. The number of nitrogens with one attached hydrogen (secondary N) is 1. The van der Waals surface area contributed by atoms with E-state index in [4.69, 9.17) is 5.73 Å². The van der Waals surface area contributed by atoms with E-state index in [0.717, 1.165) is 0 Å². The zero-order valence-electron chi connectivity index (χ0n) is 14.0. The van der Waals surface area contributed by atoms with Crippen molar-refractivity contribution in [3.8, 4) is 17.2 Å². The zero-order chi connectivity index (χ0) is 18.8. The Morgan fingerprint density at radius 2 is 2.00 bits per heavy atom. The Labute approximate surface area is 152 Å². The summed E-state index contributed by atoms with van der Waals surface area (Å²) in [6.45, 7) is 0. The summed E-state index contributed by atoms with van der Waals surface area (Å²) in [5.41, 5.74) is 7.75. The van der Waals surface area contributed by atoms with Crippen LogP contribution in [0.15, 0.2) is 55.1 Å². The molecule has 8 nitrogen and oxygen atoms in total. The predicted molar refractivity (Wildman–Crippen MR) is 94.5 cm³/mol. The molecule has 9 heteroatoms. The Bertz CT molecular complexity index is 1100. The monoisotopic (exact) mass is 363 g/mol. The van der Waals surface area contributed by atoms with Crippen LogP contribution in [0.2, 0.25) is 0 Å². The van der Waals surface area contributed by atoms with Crippen LogP contribution in [0, 0.1) is 5.82 Å². The van der Waals surface area contributed by atoms with E-state index >= 15 is 0 Å². The molecule has 0 bridgehead atoms. The standard InChI is InChI=1S/C18H14FN7O/c19-13-4-2-1-3-11(13)7-14-17(24-25-23-14)15-9-26(10-22-15)16-6-5-12(8-21-16)18(20)27/h1-6,8-10H,7H2,(H2,20,27)(H,23,24,25). The number of hydrogen-bond acceptors (Lipinski definition) is 5. The molecule has 0 saturated carbocycles. The lowest BCUT2D eigenvalue weighted by molar-refractivity contribution is 0.1000. The van der Waals surface area contributed by atoms with Gasteiger partial charge in [0.05, 0.1) is 11.3 Å². The number of pyridine rings is 1. The van der Waals surface area contributed by atoms with E-state index in [9.17, 15) is 9.18 Å². The molecule has 0 aliphatic heterocycles. The van der Waals surface area contributed by atoms with E-state index in [1.807, 2.05) is 0 Å². The molecule has 0 unspecified atom stereocenters. The number of primary amides is 1. The Kier molecular flexibility index (Phi) is 4.17. The van der Waals surface area contributed by atoms with E-state index in [1.165, 1.54) is 12.3 Å². The summed E-state index contributed by atoms with van der Waals surface area (Å²) in [5, 5.41) is 10.8. The Morgan fingerprint density at radius 3 is 2.74 bits per heavy atom. The second-order valence-corrected chi connectivity index (χ2v) is 5.82. The molecule has 0 fully saturated rings. The minimum Gasteiger partial charge on any atom is -0.366 e. The number of H-pyrrole nitrogens is 1. The molecule has 0 spiro atoms. The molecule has 0 atom stereocenters. The van der Waals surface area contributed by atoms with Gasteiger partial charge < -0.3 is 5.73 Å². The lowest BCUT2D eigenvalue weighted by atomic mass is 10.1. The fourth-order valence-electron chi connectivity index (χ4n) is 2.66. The van der Waals surface area contributed by atoms with Crippen molar-refractivity contribution in [3.05, 3.63) is 77.8 Å². The molecule has 134 valence electrons. The summed E-state index contributed by atoms with van der Waals surface area (Å²) < 4.78 is 15.6. The predicted octanol–water partition coefficient (Wildman–Crippen LogP) is 1.88. The van der Waals surface area contributed by atoms with Crippen LogP contribution in [-0.4, -0.2) is 35.9 Å². The second-order valence-electron chi connectivity index (χ2n) is 5.82. The van der Waals surface area contributed by atoms with E-state index in [0.29, 0.717) is 34.0 Å². The third-order valence-electron chi connectivity index (χ3n) is 4.06. The van der Waals surface area contributed by atoms with E-state index < -0.39 is 5.91 Å². The maximum atomic E-state index is 13.9. The maximum Gasteiger partial charge on any atom is 0.250 e. The Hall–Kier alpha value is -3.88. The largest absolute Gasteiger partial charge is 0.366 e. The second kappa shape index (κ2) is 6.79. The molecule has 0 saturated heterocycles. The van der Waals surface area contributed by atoms with Gasteiger partial charge in [0.2, 0.25) is 5.91 Å². The van der Waals surface area contributed by atoms with Gasteiger partial charge in [-0.05, 0) is 23.8 Å². The molecule has 3 aromatic heterocycles. The number of aromatic nitrogens is 6. The molecule has 3 heterocycles. The fourth-order valence-corrected chi connectivity index (χ4v) is 2.66. The van der Waals surface area contributed by atoms with Crippen molar-refractivity contribution in [2.45, 2.75) is 6.42 Å². The summed E-state index contributed by atoms with van der Waals surface area (Å²) in [6, 6.07) is 9.77. The molecule has 27 heavy (non-hydrogen) atoms. The number of carbonyl (C=O) groups is 1. The number of benzene rings is 1. The van der Waals surface area contributed by atoms with Gasteiger partial charge in [-0.2, -0.15) is 15.4 Å². The number of aromatic amines is 1. The molecule has 0 radical (unpaired) electrons. The van der Waals surface area contributed by atoms with Gasteiger partial charge in [-0.3, -0.25) is 9.36 Å². The van der Waals surface area contributed by atoms with Crippen LogP contribution < -0.4 is 5.73 Å². The number of halogens is 1. The highest BCUT2D eigenvalue weighted by Gasteiger charge is 2.15. The molecule has 1 amide bonds. The molecule has 0 aliphatic carbocycles. The summed E-state index contributed by atoms with van der Waals surface area (Å²) in [5.74, 6) is -0.269. The molecule has 1 aromatic carbocycles. The van der Waals surface area contributed by atoms with Gasteiger partial charge in [-0.25, -0.2) is 14.4 Å².